The Balaban J connectivity index is 2.17. The van der Waals surface area contributed by atoms with E-state index in [4.69, 9.17) is 4.42 Å². The molecule has 4 nitrogen and oxygen atoms in total. The minimum absolute atomic E-state index is 0.0462. The third kappa shape index (κ3) is 2.07. The van der Waals surface area contributed by atoms with Crippen molar-refractivity contribution in [3.05, 3.63) is 17.3 Å². The molecule has 0 radical (unpaired) electrons. The molecule has 82 valence electrons. The summed E-state index contributed by atoms with van der Waals surface area (Å²) < 4.78 is 5.31. The van der Waals surface area contributed by atoms with Crippen molar-refractivity contribution in [2.75, 3.05) is 13.1 Å². The summed E-state index contributed by atoms with van der Waals surface area (Å²) in [6.45, 7) is 5.08. The van der Waals surface area contributed by atoms with Crippen LogP contribution in [0.25, 0.3) is 0 Å². The van der Waals surface area contributed by atoms with Crippen LogP contribution in [-0.2, 0) is 0 Å². The average Bonchev–Trinajstić information content (AvgIpc) is 2.71. The lowest BCUT2D eigenvalue weighted by Gasteiger charge is -2.13. The Bertz CT molecular complexity index is 389. The number of amides is 1. The predicted octanol–water partition coefficient (Wildman–Crippen LogP) is 1.90. The highest BCUT2D eigenvalue weighted by atomic mass is 79.9. The summed E-state index contributed by atoms with van der Waals surface area (Å²) in [4.78, 5) is 18.3. The van der Waals surface area contributed by atoms with E-state index in [1.807, 2.05) is 0 Å². The number of oxazole rings is 1. The Kier molecular flexibility index (Phi) is 2.82. The van der Waals surface area contributed by atoms with Crippen LogP contribution in [0.1, 0.15) is 28.6 Å². The van der Waals surface area contributed by atoms with E-state index in [-0.39, 0.29) is 5.91 Å². The number of carbonyl (C=O) groups excluding carboxylic acids is 1. The standard InChI is InChI=1S/C10H13BrN2O2/c1-6-9(15-7(2)12-6)10(14)13-4-3-8(11)5-13/h8H,3-5H2,1-2H3. The van der Waals surface area contributed by atoms with E-state index >= 15 is 0 Å². The Morgan fingerprint density at radius 2 is 2.33 bits per heavy atom. The summed E-state index contributed by atoms with van der Waals surface area (Å²) in [6.07, 6.45) is 0.998. The van der Waals surface area contributed by atoms with Gasteiger partial charge in [-0.25, -0.2) is 4.98 Å². The minimum Gasteiger partial charge on any atom is -0.436 e. The van der Waals surface area contributed by atoms with E-state index in [9.17, 15) is 4.79 Å². The molecule has 0 N–H and O–H groups in total. The number of hydrogen-bond acceptors (Lipinski definition) is 3. The second kappa shape index (κ2) is 3.96. The number of hydrogen-bond donors (Lipinski definition) is 0. The fraction of sp³-hybridized carbons (Fsp3) is 0.600. The zero-order valence-electron chi connectivity index (χ0n) is 8.79. The van der Waals surface area contributed by atoms with Crippen LogP contribution in [0.2, 0.25) is 0 Å². The molecule has 5 heteroatoms. The molecule has 2 heterocycles. The summed E-state index contributed by atoms with van der Waals surface area (Å²) in [5.41, 5.74) is 0.676. The van der Waals surface area contributed by atoms with Gasteiger partial charge in [-0.2, -0.15) is 0 Å². The quantitative estimate of drug-likeness (QED) is 0.734. The van der Waals surface area contributed by atoms with Crippen LogP contribution in [0.5, 0.6) is 0 Å². The highest BCUT2D eigenvalue weighted by Gasteiger charge is 2.28. The van der Waals surface area contributed by atoms with Gasteiger partial charge in [0.2, 0.25) is 5.76 Å². The van der Waals surface area contributed by atoms with E-state index in [1.165, 1.54) is 0 Å². The molecular formula is C10H13BrN2O2. The van der Waals surface area contributed by atoms with Crippen molar-refractivity contribution >= 4 is 21.8 Å². The summed E-state index contributed by atoms with van der Waals surface area (Å²) in [5, 5.41) is 0. The van der Waals surface area contributed by atoms with Crippen LogP contribution in [0.15, 0.2) is 4.42 Å². The Morgan fingerprint density at radius 1 is 1.60 bits per heavy atom. The van der Waals surface area contributed by atoms with Crippen molar-refractivity contribution in [2.45, 2.75) is 25.1 Å². The maximum atomic E-state index is 12.0. The van der Waals surface area contributed by atoms with Crippen molar-refractivity contribution in [3.8, 4) is 0 Å². The van der Waals surface area contributed by atoms with Gasteiger partial charge in [-0.05, 0) is 13.3 Å². The first-order valence-electron chi connectivity index (χ1n) is 4.95. The number of aromatic nitrogens is 1. The zero-order valence-corrected chi connectivity index (χ0v) is 10.4. The molecule has 0 aliphatic carbocycles. The van der Waals surface area contributed by atoms with E-state index in [2.05, 4.69) is 20.9 Å². The molecule has 0 aromatic carbocycles. The molecular weight excluding hydrogens is 260 g/mol. The SMILES string of the molecule is Cc1nc(C)c(C(=O)N2CCC(Br)C2)o1. The number of rotatable bonds is 1. The van der Waals surface area contributed by atoms with Crippen LogP contribution in [-0.4, -0.2) is 33.7 Å². The van der Waals surface area contributed by atoms with Gasteiger partial charge in [-0.1, -0.05) is 15.9 Å². The van der Waals surface area contributed by atoms with Crippen LogP contribution in [0.4, 0.5) is 0 Å². The first-order chi connectivity index (χ1) is 7.08. The van der Waals surface area contributed by atoms with Crippen molar-refractivity contribution in [1.82, 2.24) is 9.88 Å². The Morgan fingerprint density at radius 3 is 2.80 bits per heavy atom. The summed E-state index contributed by atoms with van der Waals surface area (Å²) >= 11 is 3.50. The maximum Gasteiger partial charge on any atom is 0.291 e. The molecule has 1 aromatic rings. The van der Waals surface area contributed by atoms with Crippen molar-refractivity contribution in [3.63, 3.8) is 0 Å². The molecule has 1 aromatic heterocycles. The molecule has 0 spiro atoms. The van der Waals surface area contributed by atoms with Gasteiger partial charge in [-0.3, -0.25) is 4.79 Å². The van der Waals surface area contributed by atoms with E-state index in [1.54, 1.807) is 18.7 Å². The number of halogens is 1. The Labute approximate surface area is 96.8 Å². The number of likely N-dealkylation sites (tertiary alicyclic amines) is 1. The predicted molar refractivity (Wildman–Crippen MR) is 59.2 cm³/mol. The second-order valence-electron chi connectivity index (χ2n) is 3.78. The monoisotopic (exact) mass is 272 g/mol. The molecule has 1 atom stereocenters. The van der Waals surface area contributed by atoms with Gasteiger partial charge >= 0.3 is 0 Å². The first-order valence-corrected chi connectivity index (χ1v) is 5.87. The van der Waals surface area contributed by atoms with Crippen molar-refractivity contribution < 1.29 is 9.21 Å². The first kappa shape index (κ1) is 10.7. The highest BCUT2D eigenvalue weighted by Crippen LogP contribution is 2.20. The molecule has 1 aliphatic heterocycles. The molecule has 1 amide bonds. The maximum absolute atomic E-state index is 12.0. The van der Waals surface area contributed by atoms with E-state index in [0.29, 0.717) is 22.2 Å². The van der Waals surface area contributed by atoms with Crippen molar-refractivity contribution in [2.24, 2.45) is 0 Å². The van der Waals surface area contributed by atoms with Crippen molar-refractivity contribution in [1.29, 1.82) is 0 Å². The largest absolute Gasteiger partial charge is 0.436 e. The lowest BCUT2D eigenvalue weighted by Crippen LogP contribution is -2.28. The molecule has 1 fully saturated rings. The van der Waals surface area contributed by atoms with Gasteiger partial charge in [0.1, 0.15) is 0 Å². The highest BCUT2D eigenvalue weighted by molar-refractivity contribution is 9.09. The zero-order chi connectivity index (χ0) is 11.0. The van der Waals surface area contributed by atoms with Gasteiger partial charge in [0.15, 0.2) is 5.89 Å². The Hall–Kier alpha value is -0.840. The lowest BCUT2D eigenvalue weighted by atomic mass is 10.3. The van der Waals surface area contributed by atoms with E-state index in [0.717, 1.165) is 19.5 Å². The minimum atomic E-state index is -0.0462. The lowest BCUT2D eigenvalue weighted by molar-refractivity contribution is 0.0759. The van der Waals surface area contributed by atoms with Crippen LogP contribution < -0.4 is 0 Å². The normalized spacial score (nSPS) is 21.0. The number of nitrogens with zero attached hydrogens (tertiary/aromatic N) is 2. The van der Waals surface area contributed by atoms with Gasteiger partial charge in [-0.15, -0.1) is 0 Å². The molecule has 2 rings (SSSR count). The summed E-state index contributed by atoms with van der Waals surface area (Å²) in [6, 6.07) is 0. The number of carbonyl (C=O) groups is 1. The van der Waals surface area contributed by atoms with E-state index < -0.39 is 0 Å². The van der Waals surface area contributed by atoms with Gasteiger partial charge < -0.3 is 9.32 Å². The second-order valence-corrected chi connectivity index (χ2v) is 5.08. The number of aryl methyl sites for hydroxylation is 2. The molecule has 1 saturated heterocycles. The topological polar surface area (TPSA) is 46.3 Å². The van der Waals surface area contributed by atoms with Gasteiger partial charge in [0, 0.05) is 24.8 Å². The van der Waals surface area contributed by atoms with Gasteiger partial charge in [0.25, 0.3) is 5.91 Å². The third-order valence-corrected chi connectivity index (χ3v) is 3.26. The molecule has 0 saturated carbocycles. The fourth-order valence-corrected chi connectivity index (χ4v) is 2.33. The van der Waals surface area contributed by atoms with Crippen LogP contribution >= 0.6 is 15.9 Å². The third-order valence-electron chi connectivity index (χ3n) is 2.52. The average molecular weight is 273 g/mol. The molecule has 1 aliphatic rings. The van der Waals surface area contributed by atoms with Crippen LogP contribution in [0.3, 0.4) is 0 Å². The van der Waals surface area contributed by atoms with Crippen LogP contribution in [0, 0.1) is 13.8 Å². The molecule has 15 heavy (non-hydrogen) atoms. The molecule has 1 unspecified atom stereocenters. The van der Waals surface area contributed by atoms with Gasteiger partial charge in [0.05, 0.1) is 5.69 Å². The summed E-state index contributed by atoms with van der Waals surface area (Å²) in [5.74, 6) is 0.884. The smallest absolute Gasteiger partial charge is 0.291 e. The number of alkyl halides is 1. The fourth-order valence-electron chi connectivity index (χ4n) is 1.78. The molecule has 0 bridgehead atoms. The summed E-state index contributed by atoms with van der Waals surface area (Å²) in [7, 11) is 0.